The van der Waals surface area contributed by atoms with Gasteiger partial charge in [0.1, 0.15) is 0 Å². The number of aliphatic hydroxyl groups excluding tert-OH is 1. The number of amides is 1. The number of benzene rings is 1. The van der Waals surface area contributed by atoms with Gasteiger partial charge in [0, 0.05) is 36.1 Å². The van der Waals surface area contributed by atoms with Gasteiger partial charge < -0.3 is 15.0 Å². The van der Waals surface area contributed by atoms with E-state index in [4.69, 9.17) is 0 Å². The molecule has 1 amide bonds. The molecule has 2 N–H and O–H groups in total. The number of aliphatic hydroxyl groups is 1. The highest BCUT2D eigenvalue weighted by molar-refractivity contribution is 6.04. The van der Waals surface area contributed by atoms with Crippen LogP contribution in [0, 0.1) is 0 Å². The fourth-order valence-electron chi connectivity index (χ4n) is 1.86. The van der Waals surface area contributed by atoms with E-state index in [0.717, 1.165) is 0 Å². The van der Waals surface area contributed by atoms with Gasteiger partial charge in [0.2, 0.25) is 0 Å². The Kier molecular flexibility index (Phi) is 4.00. The molecule has 1 heterocycles. The highest BCUT2D eigenvalue weighted by Gasteiger charge is 2.12. The molecular formula is C15H16N2O3. The molecule has 1 atom stereocenters. The summed E-state index contributed by atoms with van der Waals surface area (Å²) in [7, 11) is 1.62. The van der Waals surface area contributed by atoms with Gasteiger partial charge in [-0.15, -0.1) is 0 Å². The van der Waals surface area contributed by atoms with Gasteiger partial charge in [-0.25, -0.2) is 0 Å². The maximum Gasteiger partial charge on any atom is 0.255 e. The van der Waals surface area contributed by atoms with Gasteiger partial charge in [0.05, 0.1) is 6.10 Å². The fourth-order valence-corrected chi connectivity index (χ4v) is 1.86. The zero-order chi connectivity index (χ0) is 14.7. The molecule has 0 radical (unpaired) electrons. The van der Waals surface area contributed by atoms with Crippen molar-refractivity contribution < 1.29 is 9.90 Å². The number of nitrogens with zero attached hydrogens (tertiary/aromatic N) is 1. The Balaban J connectivity index is 2.28. The topological polar surface area (TPSA) is 71.3 Å². The minimum atomic E-state index is -0.685. The number of hydrogen-bond acceptors (Lipinski definition) is 3. The van der Waals surface area contributed by atoms with Gasteiger partial charge in [0.15, 0.2) is 0 Å². The van der Waals surface area contributed by atoms with E-state index in [2.05, 4.69) is 5.32 Å². The molecule has 5 nitrogen and oxygen atoms in total. The summed E-state index contributed by atoms with van der Waals surface area (Å²) >= 11 is 0. The van der Waals surface area contributed by atoms with Crippen LogP contribution in [0.4, 0.5) is 5.69 Å². The van der Waals surface area contributed by atoms with Gasteiger partial charge in [-0.3, -0.25) is 9.59 Å². The van der Waals surface area contributed by atoms with E-state index in [1.807, 2.05) is 0 Å². The summed E-state index contributed by atoms with van der Waals surface area (Å²) in [6.07, 6.45) is 0.854. The van der Waals surface area contributed by atoms with Crippen LogP contribution in [0.1, 0.15) is 28.9 Å². The maximum atomic E-state index is 12.1. The first-order chi connectivity index (χ1) is 9.49. The van der Waals surface area contributed by atoms with Gasteiger partial charge in [-0.2, -0.15) is 0 Å². The number of aryl methyl sites for hydroxylation is 1. The predicted octanol–water partition coefficient (Wildman–Crippen LogP) is 1.69. The van der Waals surface area contributed by atoms with Crippen LogP contribution in [0.5, 0.6) is 0 Å². The van der Waals surface area contributed by atoms with E-state index in [9.17, 15) is 14.7 Å². The normalized spacial score (nSPS) is 11.9. The molecule has 0 saturated heterocycles. The van der Waals surface area contributed by atoms with Gasteiger partial charge in [-0.05, 0) is 19.1 Å². The molecule has 2 aromatic rings. The van der Waals surface area contributed by atoms with Crippen LogP contribution in [0.15, 0.2) is 47.4 Å². The second kappa shape index (κ2) is 5.71. The molecule has 1 aromatic carbocycles. The number of para-hydroxylation sites is 1. The van der Waals surface area contributed by atoms with E-state index in [1.165, 1.54) is 16.8 Å². The lowest BCUT2D eigenvalue weighted by atomic mass is 10.1. The Bertz CT molecular complexity index is 690. The van der Waals surface area contributed by atoms with Crippen molar-refractivity contribution in [2.45, 2.75) is 13.0 Å². The van der Waals surface area contributed by atoms with E-state index in [0.29, 0.717) is 11.3 Å². The average Bonchev–Trinajstić information content (AvgIpc) is 2.42. The molecule has 2 rings (SSSR count). The van der Waals surface area contributed by atoms with E-state index >= 15 is 0 Å². The van der Waals surface area contributed by atoms with Gasteiger partial charge in [-0.1, -0.05) is 18.2 Å². The Labute approximate surface area is 116 Å². The van der Waals surface area contributed by atoms with Gasteiger partial charge >= 0.3 is 0 Å². The molecule has 0 aliphatic carbocycles. The second-order valence-corrected chi connectivity index (χ2v) is 4.58. The van der Waals surface area contributed by atoms with Crippen molar-refractivity contribution in [1.29, 1.82) is 0 Å². The number of hydrogen-bond donors (Lipinski definition) is 2. The molecule has 104 valence electrons. The summed E-state index contributed by atoms with van der Waals surface area (Å²) < 4.78 is 1.39. The summed E-state index contributed by atoms with van der Waals surface area (Å²) in [5.74, 6) is -0.379. The highest BCUT2D eigenvalue weighted by Crippen LogP contribution is 2.22. The lowest BCUT2D eigenvalue weighted by Gasteiger charge is -2.13. The monoisotopic (exact) mass is 272 g/mol. The third kappa shape index (κ3) is 2.95. The number of carbonyl (C=O) groups is 1. The first-order valence-electron chi connectivity index (χ1n) is 6.24. The minimum Gasteiger partial charge on any atom is -0.389 e. The molecule has 0 aliphatic rings. The van der Waals surface area contributed by atoms with Crippen molar-refractivity contribution in [1.82, 2.24) is 4.57 Å². The van der Waals surface area contributed by atoms with Crippen molar-refractivity contribution >= 4 is 11.6 Å². The Morgan fingerprint density at radius 3 is 2.65 bits per heavy atom. The van der Waals surface area contributed by atoms with Crippen molar-refractivity contribution in [3.63, 3.8) is 0 Å². The second-order valence-electron chi connectivity index (χ2n) is 4.58. The number of pyridine rings is 1. The molecule has 0 aliphatic heterocycles. The Morgan fingerprint density at radius 2 is 2.00 bits per heavy atom. The molecule has 0 spiro atoms. The summed E-state index contributed by atoms with van der Waals surface area (Å²) in [6.45, 7) is 1.63. The van der Waals surface area contributed by atoms with E-state index in [1.54, 1.807) is 44.3 Å². The number of anilines is 1. The van der Waals surface area contributed by atoms with Crippen LogP contribution in [0.2, 0.25) is 0 Å². The quantitative estimate of drug-likeness (QED) is 0.893. The zero-order valence-corrected chi connectivity index (χ0v) is 11.3. The first-order valence-corrected chi connectivity index (χ1v) is 6.24. The largest absolute Gasteiger partial charge is 0.389 e. The lowest BCUT2D eigenvalue weighted by molar-refractivity contribution is 0.102. The fraction of sp³-hybridized carbons (Fsp3) is 0.200. The van der Waals surface area contributed by atoms with Crippen LogP contribution in [-0.2, 0) is 7.05 Å². The van der Waals surface area contributed by atoms with Crippen LogP contribution < -0.4 is 10.9 Å². The van der Waals surface area contributed by atoms with Crippen molar-refractivity contribution in [3.8, 4) is 0 Å². The van der Waals surface area contributed by atoms with Crippen molar-refractivity contribution in [2.75, 3.05) is 5.32 Å². The average molecular weight is 272 g/mol. The lowest BCUT2D eigenvalue weighted by Crippen LogP contribution is -2.20. The van der Waals surface area contributed by atoms with Crippen LogP contribution in [0.3, 0.4) is 0 Å². The predicted molar refractivity (Wildman–Crippen MR) is 76.7 cm³/mol. The molecule has 0 fully saturated rings. The third-order valence-corrected chi connectivity index (χ3v) is 3.03. The van der Waals surface area contributed by atoms with E-state index < -0.39 is 6.10 Å². The summed E-state index contributed by atoms with van der Waals surface area (Å²) in [4.78, 5) is 23.6. The van der Waals surface area contributed by atoms with Crippen molar-refractivity contribution in [3.05, 3.63) is 64.1 Å². The molecular weight excluding hydrogens is 256 g/mol. The minimum absolute atomic E-state index is 0.249. The molecule has 0 bridgehead atoms. The van der Waals surface area contributed by atoms with Crippen molar-refractivity contribution in [2.24, 2.45) is 7.05 Å². The molecule has 0 saturated carbocycles. The highest BCUT2D eigenvalue weighted by atomic mass is 16.3. The van der Waals surface area contributed by atoms with Crippen LogP contribution >= 0.6 is 0 Å². The summed E-state index contributed by atoms with van der Waals surface area (Å²) in [5, 5.41) is 12.4. The van der Waals surface area contributed by atoms with E-state index in [-0.39, 0.29) is 17.0 Å². The smallest absolute Gasteiger partial charge is 0.255 e. The van der Waals surface area contributed by atoms with Gasteiger partial charge in [0.25, 0.3) is 11.5 Å². The molecule has 1 aromatic heterocycles. The number of aromatic nitrogens is 1. The van der Waals surface area contributed by atoms with Crippen LogP contribution in [0.25, 0.3) is 0 Å². The number of nitrogens with one attached hydrogen (secondary N) is 1. The summed E-state index contributed by atoms with van der Waals surface area (Å²) in [6, 6.07) is 9.86. The standard InChI is InChI=1S/C15H16N2O3/c1-10(18)12-5-3-4-6-13(12)16-15(20)11-7-8-17(2)14(19)9-11/h3-10,18H,1-2H3,(H,16,20). The zero-order valence-electron chi connectivity index (χ0n) is 11.3. The molecule has 1 unspecified atom stereocenters. The Morgan fingerprint density at radius 1 is 1.30 bits per heavy atom. The molecule has 20 heavy (non-hydrogen) atoms. The third-order valence-electron chi connectivity index (χ3n) is 3.03. The summed E-state index contributed by atoms with van der Waals surface area (Å²) in [5.41, 5.74) is 1.20. The van der Waals surface area contributed by atoms with Crippen LogP contribution in [-0.4, -0.2) is 15.6 Å². The Hall–Kier alpha value is -2.40. The number of rotatable bonds is 3. The first kappa shape index (κ1) is 14.0. The SMILES string of the molecule is CC(O)c1ccccc1NC(=O)c1ccn(C)c(=O)c1. The molecule has 5 heteroatoms. The number of carbonyl (C=O) groups excluding carboxylic acids is 1. The maximum absolute atomic E-state index is 12.1.